The zero-order chi connectivity index (χ0) is 18.6. The van der Waals surface area contributed by atoms with Crippen molar-refractivity contribution in [3.8, 4) is 0 Å². The molecule has 1 aliphatic rings. The third-order valence-electron chi connectivity index (χ3n) is 4.38. The molecule has 3 rings (SSSR count). The summed E-state index contributed by atoms with van der Waals surface area (Å²) in [5.41, 5.74) is 1.57. The van der Waals surface area contributed by atoms with Gasteiger partial charge in [0.2, 0.25) is 10.0 Å². The Balaban J connectivity index is 1.74. The standard InChI is InChI=1S/C19H21NO4S2/c1-24-19(21)16-7-9-17(10-8-16)26(22,23)20-12-11-18(25-14-13-20)15-5-3-2-4-6-15/h2-10,18H,11-14H2,1H3/t18-/m1/s1. The minimum absolute atomic E-state index is 0.202. The molecule has 5 nitrogen and oxygen atoms in total. The van der Waals surface area contributed by atoms with E-state index in [9.17, 15) is 13.2 Å². The minimum atomic E-state index is -3.57. The fourth-order valence-electron chi connectivity index (χ4n) is 2.95. The number of nitrogens with zero attached hydrogens (tertiary/aromatic N) is 1. The first-order chi connectivity index (χ1) is 12.5. The normalized spacial score (nSPS) is 18.9. The molecule has 2 aromatic carbocycles. The van der Waals surface area contributed by atoms with Crippen LogP contribution in [0.3, 0.4) is 0 Å². The highest BCUT2D eigenvalue weighted by atomic mass is 32.2. The van der Waals surface area contributed by atoms with Crippen LogP contribution >= 0.6 is 11.8 Å². The monoisotopic (exact) mass is 391 g/mol. The van der Waals surface area contributed by atoms with E-state index in [0.29, 0.717) is 23.9 Å². The number of methoxy groups -OCH3 is 1. The van der Waals surface area contributed by atoms with Gasteiger partial charge in [-0.25, -0.2) is 13.2 Å². The van der Waals surface area contributed by atoms with Gasteiger partial charge in [0, 0.05) is 24.1 Å². The van der Waals surface area contributed by atoms with Crippen LogP contribution in [0.1, 0.15) is 27.6 Å². The maximum Gasteiger partial charge on any atom is 0.337 e. The van der Waals surface area contributed by atoms with Crippen LogP contribution in [-0.4, -0.2) is 44.6 Å². The molecule has 0 aromatic heterocycles. The molecule has 1 saturated heterocycles. The van der Waals surface area contributed by atoms with Crippen molar-refractivity contribution < 1.29 is 17.9 Å². The molecule has 0 radical (unpaired) electrons. The van der Waals surface area contributed by atoms with Gasteiger partial charge in [-0.1, -0.05) is 30.3 Å². The molecule has 1 fully saturated rings. The van der Waals surface area contributed by atoms with E-state index < -0.39 is 16.0 Å². The van der Waals surface area contributed by atoms with Crippen molar-refractivity contribution in [2.24, 2.45) is 0 Å². The topological polar surface area (TPSA) is 63.7 Å². The largest absolute Gasteiger partial charge is 0.465 e. The number of hydrogen-bond acceptors (Lipinski definition) is 5. The number of ether oxygens (including phenoxy) is 1. The molecule has 0 amide bonds. The highest BCUT2D eigenvalue weighted by Gasteiger charge is 2.28. The van der Waals surface area contributed by atoms with Crippen molar-refractivity contribution in [3.63, 3.8) is 0 Å². The second-order valence-corrected chi connectivity index (χ2v) is 9.23. The van der Waals surface area contributed by atoms with Gasteiger partial charge in [-0.05, 0) is 36.2 Å². The highest BCUT2D eigenvalue weighted by molar-refractivity contribution is 7.99. The van der Waals surface area contributed by atoms with Crippen LogP contribution in [0.2, 0.25) is 0 Å². The van der Waals surface area contributed by atoms with Gasteiger partial charge < -0.3 is 4.74 Å². The molecule has 1 atom stereocenters. The van der Waals surface area contributed by atoms with Crippen molar-refractivity contribution in [3.05, 3.63) is 65.7 Å². The van der Waals surface area contributed by atoms with Crippen LogP contribution in [0, 0.1) is 0 Å². The van der Waals surface area contributed by atoms with Gasteiger partial charge in [-0.2, -0.15) is 16.1 Å². The summed E-state index contributed by atoms with van der Waals surface area (Å²) in [4.78, 5) is 11.7. The maximum absolute atomic E-state index is 12.9. The zero-order valence-electron chi connectivity index (χ0n) is 14.5. The van der Waals surface area contributed by atoms with Crippen LogP contribution in [-0.2, 0) is 14.8 Å². The van der Waals surface area contributed by atoms with E-state index >= 15 is 0 Å². The van der Waals surface area contributed by atoms with Crippen molar-refractivity contribution in [1.29, 1.82) is 0 Å². The van der Waals surface area contributed by atoms with Gasteiger partial charge in [0.1, 0.15) is 0 Å². The van der Waals surface area contributed by atoms with Gasteiger partial charge in [-0.15, -0.1) is 0 Å². The Morgan fingerprint density at radius 3 is 2.42 bits per heavy atom. The van der Waals surface area contributed by atoms with Crippen molar-refractivity contribution >= 4 is 27.8 Å². The Morgan fingerprint density at radius 2 is 1.77 bits per heavy atom. The molecule has 1 aliphatic heterocycles. The maximum atomic E-state index is 12.9. The van der Waals surface area contributed by atoms with Crippen LogP contribution in [0.4, 0.5) is 0 Å². The van der Waals surface area contributed by atoms with Crippen LogP contribution in [0.25, 0.3) is 0 Å². The Hall–Kier alpha value is -1.83. The summed E-state index contributed by atoms with van der Waals surface area (Å²) in [5, 5.41) is 0.304. The van der Waals surface area contributed by atoms with E-state index in [-0.39, 0.29) is 4.90 Å². The van der Waals surface area contributed by atoms with Crippen LogP contribution in [0.5, 0.6) is 0 Å². The summed E-state index contributed by atoms with van der Waals surface area (Å²) in [5.74, 6) is 0.268. The third kappa shape index (κ3) is 4.11. The Bertz CT molecular complexity index is 851. The lowest BCUT2D eigenvalue weighted by Crippen LogP contribution is -2.33. The molecule has 0 spiro atoms. The Kier molecular flexibility index (Phi) is 6.01. The summed E-state index contributed by atoms with van der Waals surface area (Å²) in [6.07, 6.45) is 0.772. The average molecular weight is 392 g/mol. The highest BCUT2D eigenvalue weighted by Crippen LogP contribution is 2.35. The molecular weight excluding hydrogens is 370 g/mol. The van der Waals surface area contributed by atoms with Gasteiger partial charge >= 0.3 is 5.97 Å². The van der Waals surface area contributed by atoms with E-state index in [0.717, 1.165) is 12.2 Å². The fraction of sp³-hybridized carbons (Fsp3) is 0.316. The van der Waals surface area contributed by atoms with Gasteiger partial charge in [0.15, 0.2) is 0 Å². The van der Waals surface area contributed by atoms with E-state index in [1.54, 1.807) is 11.8 Å². The number of carbonyl (C=O) groups excluding carboxylic acids is 1. The molecule has 138 valence electrons. The summed E-state index contributed by atoms with van der Waals surface area (Å²) in [6.45, 7) is 0.961. The number of carbonyl (C=O) groups is 1. The number of hydrogen-bond donors (Lipinski definition) is 0. The van der Waals surface area contributed by atoms with Crippen molar-refractivity contribution in [2.75, 3.05) is 26.0 Å². The van der Waals surface area contributed by atoms with Gasteiger partial charge in [0.25, 0.3) is 0 Å². The summed E-state index contributed by atoms with van der Waals surface area (Å²) in [6, 6.07) is 16.1. The lowest BCUT2D eigenvalue weighted by atomic mass is 10.1. The Labute approximate surface area is 158 Å². The summed E-state index contributed by atoms with van der Waals surface area (Å²) in [7, 11) is -2.28. The first-order valence-electron chi connectivity index (χ1n) is 8.37. The second kappa shape index (κ2) is 8.24. The Morgan fingerprint density at radius 1 is 1.08 bits per heavy atom. The predicted molar refractivity (Wildman–Crippen MR) is 103 cm³/mol. The van der Waals surface area contributed by atoms with Crippen molar-refractivity contribution in [1.82, 2.24) is 4.31 Å². The second-order valence-electron chi connectivity index (χ2n) is 5.98. The van der Waals surface area contributed by atoms with Gasteiger partial charge in [-0.3, -0.25) is 0 Å². The molecule has 2 aromatic rings. The van der Waals surface area contributed by atoms with Gasteiger partial charge in [0.05, 0.1) is 17.6 Å². The molecule has 7 heteroatoms. The first-order valence-corrected chi connectivity index (χ1v) is 10.9. The number of sulfonamides is 1. The molecule has 0 unspecified atom stereocenters. The smallest absolute Gasteiger partial charge is 0.337 e. The number of benzene rings is 2. The molecule has 0 saturated carbocycles. The minimum Gasteiger partial charge on any atom is -0.465 e. The summed E-state index contributed by atoms with van der Waals surface area (Å²) >= 11 is 1.79. The number of thioether (sulfide) groups is 1. The van der Waals surface area contributed by atoms with E-state index in [1.165, 1.54) is 41.2 Å². The number of esters is 1. The quantitative estimate of drug-likeness (QED) is 0.748. The van der Waals surface area contributed by atoms with Crippen LogP contribution < -0.4 is 0 Å². The van der Waals surface area contributed by atoms with Crippen LogP contribution in [0.15, 0.2) is 59.5 Å². The average Bonchev–Trinajstić information content (AvgIpc) is 2.95. The lowest BCUT2D eigenvalue weighted by Gasteiger charge is -2.20. The molecule has 1 heterocycles. The van der Waals surface area contributed by atoms with E-state index in [2.05, 4.69) is 16.9 Å². The fourth-order valence-corrected chi connectivity index (χ4v) is 5.76. The SMILES string of the molecule is COC(=O)c1ccc(S(=O)(=O)N2CCS[C@@H](c3ccccc3)CC2)cc1. The molecule has 0 N–H and O–H groups in total. The van der Waals surface area contributed by atoms with E-state index in [4.69, 9.17) is 0 Å². The summed E-state index contributed by atoms with van der Waals surface area (Å²) < 4.78 is 32.1. The molecular formula is C19H21NO4S2. The third-order valence-corrected chi connectivity index (χ3v) is 7.63. The predicted octanol–water partition coefficient (Wildman–Crippen LogP) is 3.34. The van der Waals surface area contributed by atoms with Crippen molar-refractivity contribution in [2.45, 2.75) is 16.6 Å². The first kappa shape index (κ1) is 18.9. The number of rotatable bonds is 4. The lowest BCUT2D eigenvalue weighted by molar-refractivity contribution is 0.0600. The van der Waals surface area contributed by atoms with E-state index in [1.807, 2.05) is 18.2 Å². The molecule has 26 heavy (non-hydrogen) atoms. The molecule has 0 aliphatic carbocycles. The molecule has 0 bridgehead atoms. The zero-order valence-corrected chi connectivity index (χ0v) is 16.1.